The minimum atomic E-state index is -0.198. The Morgan fingerprint density at radius 1 is 1.08 bits per heavy atom. The Hall–Kier alpha value is -2.86. The Labute approximate surface area is 146 Å². The predicted octanol–water partition coefficient (Wildman–Crippen LogP) is 3.15. The van der Waals surface area contributed by atoms with Gasteiger partial charge >= 0.3 is 0 Å². The Bertz CT molecular complexity index is 789. The van der Waals surface area contributed by atoms with E-state index in [0.29, 0.717) is 36.6 Å². The van der Waals surface area contributed by atoms with E-state index in [1.807, 2.05) is 25.1 Å². The van der Waals surface area contributed by atoms with Crippen LogP contribution in [0.1, 0.15) is 34.1 Å². The summed E-state index contributed by atoms with van der Waals surface area (Å²) in [7, 11) is 0. The number of carbonyl (C=O) groups excluding carboxylic acids is 2. The molecule has 0 spiro atoms. The first kappa shape index (κ1) is 17.0. The van der Waals surface area contributed by atoms with Crippen molar-refractivity contribution in [3.63, 3.8) is 0 Å². The molecule has 2 amide bonds. The predicted molar refractivity (Wildman–Crippen MR) is 97.6 cm³/mol. The highest BCUT2D eigenvalue weighted by molar-refractivity contribution is 6.12. The van der Waals surface area contributed by atoms with Crippen LogP contribution in [-0.4, -0.2) is 31.6 Å². The molecule has 2 aromatic carbocycles. The molecule has 0 unspecified atom stereocenters. The first-order valence-corrected chi connectivity index (χ1v) is 8.36. The van der Waals surface area contributed by atoms with Crippen LogP contribution < -0.4 is 16.0 Å². The van der Waals surface area contributed by atoms with E-state index in [1.54, 1.807) is 24.3 Å². The topological polar surface area (TPSA) is 79.5 Å². The van der Waals surface area contributed by atoms with Gasteiger partial charge in [0.05, 0.1) is 22.6 Å². The zero-order valence-corrected chi connectivity index (χ0v) is 14.1. The van der Waals surface area contributed by atoms with Gasteiger partial charge in [-0.2, -0.15) is 0 Å². The fraction of sp³-hybridized carbons (Fsp3) is 0.263. The minimum absolute atomic E-state index is 0.171. The third kappa shape index (κ3) is 3.97. The van der Waals surface area contributed by atoms with Crippen LogP contribution in [0.15, 0.2) is 42.5 Å². The number of nitrogens with one attached hydrogen (secondary N) is 3. The highest BCUT2D eigenvalue weighted by Crippen LogP contribution is 2.32. The van der Waals surface area contributed by atoms with Gasteiger partial charge < -0.3 is 20.7 Å². The number of ether oxygens (including phenoxy) is 1. The first-order valence-electron chi connectivity index (χ1n) is 8.36. The van der Waals surface area contributed by atoms with Crippen molar-refractivity contribution in [2.24, 2.45) is 0 Å². The Morgan fingerprint density at radius 2 is 1.92 bits per heavy atom. The molecule has 0 fully saturated rings. The van der Waals surface area contributed by atoms with E-state index in [2.05, 4.69) is 16.0 Å². The normalized spacial score (nSPS) is 12.3. The van der Waals surface area contributed by atoms with Crippen LogP contribution in [0.3, 0.4) is 0 Å². The van der Waals surface area contributed by atoms with Crippen molar-refractivity contribution in [1.82, 2.24) is 5.32 Å². The van der Waals surface area contributed by atoms with Crippen molar-refractivity contribution in [3.05, 3.63) is 53.6 Å². The van der Waals surface area contributed by atoms with Gasteiger partial charge in [0, 0.05) is 25.3 Å². The summed E-state index contributed by atoms with van der Waals surface area (Å²) >= 11 is 0. The zero-order chi connectivity index (χ0) is 17.6. The summed E-state index contributed by atoms with van der Waals surface area (Å²) in [5.74, 6) is -0.369. The van der Waals surface area contributed by atoms with Crippen LogP contribution in [0.5, 0.6) is 0 Å². The van der Waals surface area contributed by atoms with Crippen molar-refractivity contribution in [2.45, 2.75) is 13.3 Å². The number of hydrogen-bond donors (Lipinski definition) is 3. The fourth-order valence-electron chi connectivity index (χ4n) is 2.65. The molecule has 6 heteroatoms. The lowest BCUT2D eigenvalue weighted by molar-refractivity contribution is 0.0943. The van der Waals surface area contributed by atoms with Gasteiger partial charge in [0.15, 0.2) is 0 Å². The van der Waals surface area contributed by atoms with Crippen LogP contribution in [0, 0.1) is 0 Å². The van der Waals surface area contributed by atoms with Crippen molar-refractivity contribution in [2.75, 3.05) is 30.4 Å². The third-order valence-electron chi connectivity index (χ3n) is 3.93. The van der Waals surface area contributed by atoms with Gasteiger partial charge in [0.2, 0.25) is 0 Å². The Morgan fingerprint density at radius 3 is 2.76 bits per heavy atom. The van der Waals surface area contributed by atoms with E-state index in [1.165, 1.54) is 0 Å². The zero-order valence-electron chi connectivity index (χ0n) is 14.1. The number of amides is 2. The summed E-state index contributed by atoms with van der Waals surface area (Å²) in [6, 6.07) is 12.5. The quantitative estimate of drug-likeness (QED) is 0.706. The number of hydrogen-bond acceptors (Lipinski definition) is 4. The molecule has 1 aliphatic rings. The lowest BCUT2D eigenvalue weighted by atomic mass is 10.1. The summed E-state index contributed by atoms with van der Waals surface area (Å²) in [5.41, 5.74) is 3.16. The van der Waals surface area contributed by atoms with Gasteiger partial charge in [-0.05, 0) is 43.7 Å². The molecule has 3 N–H and O–H groups in total. The van der Waals surface area contributed by atoms with Crippen molar-refractivity contribution < 1.29 is 14.3 Å². The molecule has 1 aliphatic heterocycles. The fourth-order valence-corrected chi connectivity index (χ4v) is 2.65. The summed E-state index contributed by atoms with van der Waals surface area (Å²) < 4.78 is 5.24. The largest absolute Gasteiger partial charge is 0.382 e. The van der Waals surface area contributed by atoms with Crippen LogP contribution in [0.2, 0.25) is 0 Å². The summed E-state index contributed by atoms with van der Waals surface area (Å²) in [6.45, 7) is 3.79. The van der Waals surface area contributed by atoms with Crippen molar-refractivity contribution in [3.8, 4) is 0 Å². The smallest absolute Gasteiger partial charge is 0.257 e. The lowest BCUT2D eigenvalue weighted by Gasteiger charge is -2.11. The average Bonchev–Trinajstić information content (AvgIpc) is 2.76. The second-order valence-corrected chi connectivity index (χ2v) is 5.69. The molecule has 0 aromatic heterocycles. The molecular weight excluding hydrogens is 318 g/mol. The molecule has 3 rings (SSSR count). The number of para-hydroxylation sites is 1. The van der Waals surface area contributed by atoms with Gasteiger partial charge in [-0.3, -0.25) is 9.59 Å². The maximum absolute atomic E-state index is 12.4. The van der Waals surface area contributed by atoms with E-state index < -0.39 is 0 Å². The van der Waals surface area contributed by atoms with Gasteiger partial charge in [0.25, 0.3) is 11.8 Å². The maximum atomic E-state index is 12.4. The number of rotatable bonds is 6. The summed E-state index contributed by atoms with van der Waals surface area (Å²) in [5, 5.41) is 8.95. The molecule has 0 radical (unpaired) electrons. The molecule has 0 saturated heterocycles. The molecule has 1 heterocycles. The van der Waals surface area contributed by atoms with Gasteiger partial charge in [-0.15, -0.1) is 0 Å². The Balaban J connectivity index is 1.72. The van der Waals surface area contributed by atoms with Crippen molar-refractivity contribution >= 4 is 28.9 Å². The molecule has 0 atom stereocenters. The second-order valence-electron chi connectivity index (χ2n) is 5.69. The number of benzene rings is 2. The van der Waals surface area contributed by atoms with Crippen LogP contribution in [-0.2, 0) is 4.74 Å². The van der Waals surface area contributed by atoms with Gasteiger partial charge in [-0.25, -0.2) is 0 Å². The molecular formula is C19H21N3O3. The number of fused-ring (bicyclic) bond motifs is 2. The van der Waals surface area contributed by atoms with E-state index in [0.717, 1.165) is 17.8 Å². The van der Waals surface area contributed by atoms with Crippen LogP contribution >= 0.6 is 0 Å². The molecule has 0 aliphatic carbocycles. The third-order valence-corrected chi connectivity index (χ3v) is 3.93. The molecule has 25 heavy (non-hydrogen) atoms. The van der Waals surface area contributed by atoms with Gasteiger partial charge in [-0.1, -0.05) is 12.1 Å². The standard InChI is InChI=1S/C19H21N3O3/c1-2-25-11-5-10-20-18(23)13-8-9-16-17(12-13)22-19(24)14-6-3-4-7-15(14)21-16/h3-4,6-9,12,21H,2,5,10-11H2,1H3,(H,20,23)(H,22,24). The minimum Gasteiger partial charge on any atom is -0.382 e. The van der Waals surface area contributed by atoms with Crippen LogP contribution in [0.25, 0.3) is 0 Å². The van der Waals surface area contributed by atoms with E-state index in [9.17, 15) is 9.59 Å². The molecule has 0 saturated carbocycles. The number of carbonyl (C=O) groups is 2. The summed E-state index contributed by atoms with van der Waals surface area (Å²) in [6.07, 6.45) is 0.762. The molecule has 2 aromatic rings. The first-order chi connectivity index (χ1) is 12.2. The maximum Gasteiger partial charge on any atom is 0.257 e. The average molecular weight is 339 g/mol. The highest BCUT2D eigenvalue weighted by atomic mass is 16.5. The lowest BCUT2D eigenvalue weighted by Crippen LogP contribution is -2.25. The Kier molecular flexibility index (Phi) is 5.30. The van der Waals surface area contributed by atoms with Gasteiger partial charge in [0.1, 0.15) is 0 Å². The molecule has 130 valence electrons. The molecule has 0 bridgehead atoms. The monoisotopic (exact) mass is 339 g/mol. The highest BCUT2D eigenvalue weighted by Gasteiger charge is 2.19. The second kappa shape index (κ2) is 7.81. The van der Waals surface area contributed by atoms with Crippen molar-refractivity contribution in [1.29, 1.82) is 0 Å². The van der Waals surface area contributed by atoms with Crippen LogP contribution in [0.4, 0.5) is 17.1 Å². The summed E-state index contributed by atoms with van der Waals surface area (Å²) in [4.78, 5) is 24.6. The van der Waals surface area contributed by atoms with E-state index in [-0.39, 0.29) is 11.8 Å². The SMILES string of the molecule is CCOCCCNC(=O)c1ccc2c(c1)NC(=O)c1ccccc1N2. The van der Waals surface area contributed by atoms with E-state index >= 15 is 0 Å². The molecule has 6 nitrogen and oxygen atoms in total. The van der Waals surface area contributed by atoms with E-state index in [4.69, 9.17) is 4.74 Å². The number of anilines is 3.